The van der Waals surface area contributed by atoms with Crippen molar-refractivity contribution in [3.63, 3.8) is 0 Å². The highest BCUT2D eigenvalue weighted by Gasteiger charge is 2.27. The van der Waals surface area contributed by atoms with Crippen LogP contribution < -0.4 is 5.32 Å². The number of anilines is 2. The first kappa shape index (κ1) is 18.3. The van der Waals surface area contributed by atoms with E-state index in [2.05, 4.69) is 30.1 Å². The van der Waals surface area contributed by atoms with E-state index in [0.29, 0.717) is 28.4 Å². The predicted octanol–water partition coefficient (Wildman–Crippen LogP) is 3.51. The molecule has 0 bridgehead atoms. The third kappa shape index (κ3) is 4.38. The summed E-state index contributed by atoms with van der Waals surface area (Å²) in [6, 6.07) is 5.30. The number of aromatic nitrogens is 5. The SMILES string of the molecule is Cc1nn(CCOCC(F)(F)F)c2c(Nc3ccccn3)nc(Cl)nc12. The molecule has 1 N–H and O–H groups in total. The van der Waals surface area contributed by atoms with Crippen LogP contribution in [0.25, 0.3) is 11.0 Å². The molecule has 0 aliphatic heterocycles. The van der Waals surface area contributed by atoms with Gasteiger partial charge in [-0.15, -0.1) is 0 Å². The molecule has 26 heavy (non-hydrogen) atoms. The lowest BCUT2D eigenvalue weighted by molar-refractivity contribution is -0.174. The first-order valence-corrected chi connectivity index (χ1v) is 7.94. The number of rotatable bonds is 6. The molecule has 7 nitrogen and oxygen atoms in total. The monoisotopic (exact) mass is 386 g/mol. The second-order valence-corrected chi connectivity index (χ2v) is 5.69. The van der Waals surface area contributed by atoms with Crippen molar-refractivity contribution in [2.24, 2.45) is 0 Å². The van der Waals surface area contributed by atoms with E-state index in [-0.39, 0.29) is 18.4 Å². The standard InChI is InChI=1S/C15H14ClF3N6O/c1-9-11-12(25(24-9)6-7-26-8-15(17,18)19)13(23-14(16)22-11)21-10-4-2-3-5-20-10/h2-5H,6-8H2,1H3,(H,20,21,22,23). The minimum absolute atomic E-state index is 0.0203. The van der Waals surface area contributed by atoms with Gasteiger partial charge >= 0.3 is 6.18 Å². The Morgan fingerprint density at radius 2 is 2.08 bits per heavy atom. The average Bonchev–Trinajstić information content (AvgIpc) is 2.88. The third-order valence-corrected chi connectivity index (χ3v) is 3.52. The molecule has 0 atom stereocenters. The Hall–Kier alpha value is -2.46. The molecular weight excluding hydrogens is 373 g/mol. The van der Waals surface area contributed by atoms with Crippen LogP contribution in [-0.2, 0) is 11.3 Å². The lowest BCUT2D eigenvalue weighted by atomic mass is 10.3. The quantitative estimate of drug-likeness (QED) is 0.516. The number of hydrogen-bond acceptors (Lipinski definition) is 6. The first-order chi connectivity index (χ1) is 12.3. The lowest BCUT2D eigenvalue weighted by Gasteiger charge is -2.10. The number of alkyl halides is 3. The highest BCUT2D eigenvalue weighted by Crippen LogP contribution is 2.26. The predicted molar refractivity (Wildman–Crippen MR) is 89.5 cm³/mol. The molecule has 0 unspecified atom stereocenters. The molecule has 0 fully saturated rings. The Balaban J connectivity index is 1.89. The minimum Gasteiger partial charge on any atom is -0.370 e. The van der Waals surface area contributed by atoms with E-state index in [4.69, 9.17) is 11.6 Å². The molecule has 11 heteroatoms. The van der Waals surface area contributed by atoms with Gasteiger partial charge in [-0.3, -0.25) is 4.68 Å². The van der Waals surface area contributed by atoms with Crippen LogP contribution >= 0.6 is 11.6 Å². The third-order valence-electron chi connectivity index (χ3n) is 3.35. The van der Waals surface area contributed by atoms with Crippen molar-refractivity contribution in [1.29, 1.82) is 0 Å². The van der Waals surface area contributed by atoms with Crippen LogP contribution in [0.4, 0.5) is 24.8 Å². The molecule has 3 aromatic rings. The maximum atomic E-state index is 12.2. The summed E-state index contributed by atoms with van der Waals surface area (Å²) in [7, 11) is 0. The van der Waals surface area contributed by atoms with Crippen LogP contribution in [0.3, 0.4) is 0 Å². The van der Waals surface area contributed by atoms with Crippen molar-refractivity contribution >= 4 is 34.3 Å². The number of aryl methyl sites for hydroxylation is 1. The molecule has 138 valence electrons. The number of hydrogen-bond donors (Lipinski definition) is 1. The number of nitrogens with one attached hydrogen (secondary N) is 1. The summed E-state index contributed by atoms with van der Waals surface area (Å²) in [6.07, 6.45) is -2.76. The molecule has 0 spiro atoms. The van der Waals surface area contributed by atoms with Crippen LogP contribution in [0.2, 0.25) is 5.28 Å². The van der Waals surface area contributed by atoms with Crippen LogP contribution in [0.1, 0.15) is 5.69 Å². The number of fused-ring (bicyclic) bond motifs is 1. The van der Waals surface area contributed by atoms with E-state index in [1.54, 1.807) is 31.3 Å². The molecule has 0 aliphatic rings. The average molecular weight is 387 g/mol. The summed E-state index contributed by atoms with van der Waals surface area (Å²) in [4.78, 5) is 12.5. The maximum absolute atomic E-state index is 12.2. The summed E-state index contributed by atoms with van der Waals surface area (Å²) >= 11 is 5.98. The van der Waals surface area contributed by atoms with Gasteiger partial charge in [0.2, 0.25) is 5.28 Å². The Kier molecular flexibility index (Phi) is 5.23. The van der Waals surface area contributed by atoms with E-state index in [0.717, 1.165) is 0 Å². The number of ether oxygens (including phenoxy) is 1. The van der Waals surface area contributed by atoms with Gasteiger partial charge in [0.1, 0.15) is 23.5 Å². The summed E-state index contributed by atoms with van der Waals surface area (Å²) in [5.41, 5.74) is 1.58. The van der Waals surface area contributed by atoms with Gasteiger partial charge in [-0.1, -0.05) is 6.07 Å². The van der Waals surface area contributed by atoms with Gasteiger partial charge in [-0.05, 0) is 30.7 Å². The summed E-state index contributed by atoms with van der Waals surface area (Å²) in [5, 5.41) is 7.35. The lowest BCUT2D eigenvalue weighted by Crippen LogP contribution is -2.19. The van der Waals surface area contributed by atoms with Gasteiger partial charge in [-0.25, -0.2) is 9.97 Å². The van der Waals surface area contributed by atoms with E-state index in [9.17, 15) is 13.2 Å². The zero-order valence-corrected chi connectivity index (χ0v) is 14.3. The molecule has 0 saturated heterocycles. The molecule has 3 rings (SSSR count). The van der Waals surface area contributed by atoms with Gasteiger partial charge < -0.3 is 10.1 Å². The van der Waals surface area contributed by atoms with Crippen molar-refractivity contribution in [2.45, 2.75) is 19.6 Å². The van der Waals surface area contributed by atoms with E-state index >= 15 is 0 Å². The largest absolute Gasteiger partial charge is 0.411 e. The highest BCUT2D eigenvalue weighted by atomic mass is 35.5. The van der Waals surface area contributed by atoms with Gasteiger partial charge in [0.05, 0.1) is 18.8 Å². The molecule has 0 aliphatic carbocycles. The zero-order valence-electron chi connectivity index (χ0n) is 13.6. The zero-order chi connectivity index (χ0) is 18.7. The van der Waals surface area contributed by atoms with Gasteiger partial charge in [-0.2, -0.15) is 23.3 Å². The van der Waals surface area contributed by atoms with Crippen molar-refractivity contribution in [2.75, 3.05) is 18.5 Å². The number of nitrogens with zero attached hydrogens (tertiary/aromatic N) is 5. The van der Waals surface area contributed by atoms with Crippen LogP contribution in [0.15, 0.2) is 24.4 Å². The van der Waals surface area contributed by atoms with Crippen molar-refractivity contribution in [3.8, 4) is 0 Å². The molecule has 0 radical (unpaired) electrons. The Labute approximate surface area is 151 Å². The van der Waals surface area contributed by atoms with Crippen molar-refractivity contribution in [3.05, 3.63) is 35.4 Å². The van der Waals surface area contributed by atoms with Crippen molar-refractivity contribution < 1.29 is 17.9 Å². The molecule has 3 heterocycles. The Bertz CT molecular complexity index is 900. The molecule has 3 aromatic heterocycles. The highest BCUT2D eigenvalue weighted by molar-refractivity contribution is 6.28. The topological polar surface area (TPSA) is 77.8 Å². The smallest absolute Gasteiger partial charge is 0.370 e. The maximum Gasteiger partial charge on any atom is 0.411 e. The molecule has 0 amide bonds. The summed E-state index contributed by atoms with van der Waals surface area (Å²) in [6.45, 7) is 0.347. The summed E-state index contributed by atoms with van der Waals surface area (Å²) < 4.78 is 42.7. The van der Waals surface area contributed by atoms with Crippen LogP contribution in [-0.4, -0.2) is 44.1 Å². The second-order valence-electron chi connectivity index (χ2n) is 5.35. The molecule has 0 aromatic carbocycles. The number of halogens is 4. The molecule has 0 saturated carbocycles. The van der Waals surface area contributed by atoms with Gasteiger partial charge in [0, 0.05) is 6.20 Å². The van der Waals surface area contributed by atoms with Crippen LogP contribution in [0, 0.1) is 6.92 Å². The fourth-order valence-corrected chi connectivity index (χ4v) is 2.52. The second kappa shape index (κ2) is 7.42. The first-order valence-electron chi connectivity index (χ1n) is 7.57. The fourth-order valence-electron chi connectivity index (χ4n) is 2.35. The minimum atomic E-state index is -4.37. The van der Waals surface area contributed by atoms with E-state index in [1.807, 2.05) is 0 Å². The van der Waals surface area contributed by atoms with Crippen molar-refractivity contribution in [1.82, 2.24) is 24.7 Å². The van der Waals surface area contributed by atoms with Crippen LogP contribution in [0.5, 0.6) is 0 Å². The molecular formula is C15H14ClF3N6O. The van der Waals surface area contributed by atoms with Gasteiger partial charge in [0.15, 0.2) is 5.82 Å². The van der Waals surface area contributed by atoms with E-state index < -0.39 is 12.8 Å². The Morgan fingerprint density at radius 1 is 1.27 bits per heavy atom. The summed E-state index contributed by atoms with van der Waals surface area (Å²) in [5.74, 6) is 0.886. The fraction of sp³-hybridized carbons (Fsp3) is 0.333. The number of pyridine rings is 1. The normalized spacial score (nSPS) is 11.9. The van der Waals surface area contributed by atoms with E-state index in [1.165, 1.54) is 4.68 Å². The van der Waals surface area contributed by atoms with Gasteiger partial charge in [0.25, 0.3) is 0 Å². The Morgan fingerprint density at radius 3 is 2.77 bits per heavy atom.